The van der Waals surface area contributed by atoms with Gasteiger partial charge >= 0.3 is 0 Å². The standard InChI is InChI=1S/C15H16ClNO3S/c16-14-4-3-13(21-14)15(18)17(10-12-2-1-7-20-12)11-5-8-19-9-6-11/h1-4,7,11H,5-6,8-10H2. The molecule has 0 aromatic carbocycles. The van der Waals surface area contributed by atoms with Gasteiger partial charge < -0.3 is 14.1 Å². The van der Waals surface area contributed by atoms with E-state index >= 15 is 0 Å². The Balaban J connectivity index is 1.81. The minimum absolute atomic E-state index is 0.00944. The van der Waals surface area contributed by atoms with Gasteiger partial charge in [0.15, 0.2) is 0 Å². The first-order valence-electron chi connectivity index (χ1n) is 6.90. The lowest BCUT2D eigenvalue weighted by atomic mass is 10.1. The zero-order valence-electron chi connectivity index (χ0n) is 11.5. The van der Waals surface area contributed by atoms with Crippen molar-refractivity contribution in [1.29, 1.82) is 0 Å². The highest BCUT2D eigenvalue weighted by atomic mass is 35.5. The van der Waals surface area contributed by atoms with E-state index in [9.17, 15) is 4.79 Å². The van der Waals surface area contributed by atoms with Crippen LogP contribution in [-0.2, 0) is 11.3 Å². The van der Waals surface area contributed by atoms with Gasteiger partial charge in [-0.15, -0.1) is 11.3 Å². The minimum Gasteiger partial charge on any atom is -0.467 e. The van der Waals surface area contributed by atoms with Gasteiger partial charge in [0.1, 0.15) is 5.76 Å². The van der Waals surface area contributed by atoms with Crippen molar-refractivity contribution in [3.8, 4) is 0 Å². The van der Waals surface area contributed by atoms with E-state index in [1.54, 1.807) is 18.4 Å². The average Bonchev–Trinajstić information content (AvgIpc) is 3.16. The highest BCUT2D eigenvalue weighted by Crippen LogP contribution is 2.26. The summed E-state index contributed by atoms with van der Waals surface area (Å²) in [5.74, 6) is 0.799. The number of thiophene rings is 1. The Labute approximate surface area is 132 Å². The zero-order valence-corrected chi connectivity index (χ0v) is 13.0. The van der Waals surface area contributed by atoms with Crippen LogP contribution in [0, 0.1) is 0 Å². The molecule has 6 heteroatoms. The molecule has 0 spiro atoms. The van der Waals surface area contributed by atoms with Crippen LogP contribution in [0.1, 0.15) is 28.3 Å². The average molecular weight is 326 g/mol. The summed E-state index contributed by atoms with van der Waals surface area (Å²) in [4.78, 5) is 15.3. The van der Waals surface area contributed by atoms with Crippen molar-refractivity contribution in [2.24, 2.45) is 0 Å². The van der Waals surface area contributed by atoms with Gasteiger partial charge in [0, 0.05) is 19.3 Å². The zero-order chi connectivity index (χ0) is 14.7. The molecule has 0 N–H and O–H groups in total. The molecular weight excluding hydrogens is 310 g/mol. The van der Waals surface area contributed by atoms with Crippen molar-refractivity contribution < 1.29 is 13.9 Å². The molecule has 112 valence electrons. The molecule has 1 aliphatic heterocycles. The molecule has 0 unspecified atom stereocenters. The highest BCUT2D eigenvalue weighted by molar-refractivity contribution is 7.17. The molecule has 21 heavy (non-hydrogen) atoms. The Bertz CT molecular complexity index is 590. The summed E-state index contributed by atoms with van der Waals surface area (Å²) in [5, 5.41) is 0. The Morgan fingerprint density at radius 1 is 1.33 bits per heavy atom. The number of halogens is 1. The molecule has 4 nitrogen and oxygen atoms in total. The van der Waals surface area contributed by atoms with Crippen molar-refractivity contribution in [1.82, 2.24) is 4.90 Å². The quantitative estimate of drug-likeness (QED) is 0.858. The number of carbonyl (C=O) groups is 1. The second kappa shape index (κ2) is 6.64. The third-order valence-corrected chi connectivity index (χ3v) is 4.80. The lowest BCUT2D eigenvalue weighted by molar-refractivity contribution is 0.0252. The van der Waals surface area contributed by atoms with Crippen LogP contribution >= 0.6 is 22.9 Å². The van der Waals surface area contributed by atoms with E-state index in [0.717, 1.165) is 18.6 Å². The van der Waals surface area contributed by atoms with E-state index in [4.69, 9.17) is 20.8 Å². The van der Waals surface area contributed by atoms with E-state index in [2.05, 4.69) is 0 Å². The molecule has 0 aliphatic carbocycles. The number of ether oxygens (including phenoxy) is 1. The van der Waals surface area contributed by atoms with E-state index in [1.807, 2.05) is 17.0 Å². The summed E-state index contributed by atoms with van der Waals surface area (Å²) >= 11 is 7.26. The van der Waals surface area contributed by atoms with Gasteiger partial charge in [-0.25, -0.2) is 0 Å². The van der Waals surface area contributed by atoms with Gasteiger partial charge in [0.05, 0.1) is 22.0 Å². The number of rotatable bonds is 4. The molecule has 2 aromatic rings. The molecule has 3 heterocycles. The van der Waals surface area contributed by atoms with Gasteiger partial charge in [-0.05, 0) is 37.1 Å². The molecule has 0 bridgehead atoms. The number of amides is 1. The summed E-state index contributed by atoms with van der Waals surface area (Å²) in [6.45, 7) is 1.86. The van der Waals surface area contributed by atoms with Crippen molar-refractivity contribution in [2.75, 3.05) is 13.2 Å². The highest BCUT2D eigenvalue weighted by Gasteiger charge is 2.28. The van der Waals surface area contributed by atoms with Crippen LogP contribution in [0.4, 0.5) is 0 Å². The third-order valence-electron chi connectivity index (χ3n) is 3.58. The van der Waals surface area contributed by atoms with E-state index < -0.39 is 0 Å². The van der Waals surface area contributed by atoms with E-state index in [-0.39, 0.29) is 11.9 Å². The maximum absolute atomic E-state index is 12.8. The third kappa shape index (κ3) is 3.48. The van der Waals surface area contributed by atoms with Gasteiger partial charge in [0.2, 0.25) is 0 Å². The van der Waals surface area contributed by atoms with Crippen molar-refractivity contribution in [2.45, 2.75) is 25.4 Å². The van der Waals surface area contributed by atoms with Crippen LogP contribution in [0.5, 0.6) is 0 Å². The molecule has 0 atom stereocenters. The monoisotopic (exact) mass is 325 g/mol. The van der Waals surface area contributed by atoms with Crippen molar-refractivity contribution in [3.05, 3.63) is 45.5 Å². The summed E-state index contributed by atoms with van der Waals surface area (Å²) in [6.07, 6.45) is 3.33. The predicted molar refractivity (Wildman–Crippen MR) is 81.8 cm³/mol. The fourth-order valence-corrected chi connectivity index (χ4v) is 3.50. The largest absolute Gasteiger partial charge is 0.467 e. The van der Waals surface area contributed by atoms with Crippen molar-refractivity contribution >= 4 is 28.8 Å². The summed E-state index contributed by atoms with van der Waals surface area (Å²) < 4.78 is 11.4. The minimum atomic E-state index is 0.00944. The second-order valence-electron chi connectivity index (χ2n) is 4.96. The summed E-state index contributed by atoms with van der Waals surface area (Å²) in [7, 11) is 0. The van der Waals surface area contributed by atoms with Crippen LogP contribution in [-0.4, -0.2) is 30.1 Å². The van der Waals surface area contributed by atoms with Gasteiger partial charge in [-0.2, -0.15) is 0 Å². The SMILES string of the molecule is O=C(c1ccc(Cl)s1)N(Cc1ccco1)C1CCOCC1. The van der Waals surface area contributed by atoms with Crippen LogP contribution in [0.3, 0.4) is 0 Å². The maximum Gasteiger partial charge on any atom is 0.264 e. The van der Waals surface area contributed by atoms with E-state index in [1.165, 1.54) is 11.3 Å². The number of nitrogens with zero attached hydrogens (tertiary/aromatic N) is 1. The first kappa shape index (κ1) is 14.6. The Morgan fingerprint density at radius 2 is 2.14 bits per heavy atom. The molecule has 3 rings (SSSR count). The Morgan fingerprint density at radius 3 is 2.76 bits per heavy atom. The maximum atomic E-state index is 12.8. The first-order valence-corrected chi connectivity index (χ1v) is 8.10. The fourth-order valence-electron chi connectivity index (χ4n) is 2.50. The summed E-state index contributed by atoms with van der Waals surface area (Å²) in [6, 6.07) is 7.45. The number of furan rings is 1. The molecule has 1 fully saturated rings. The fraction of sp³-hybridized carbons (Fsp3) is 0.400. The molecular formula is C15H16ClNO3S. The molecule has 1 saturated heterocycles. The van der Waals surface area contributed by atoms with Gasteiger partial charge in [-0.3, -0.25) is 4.79 Å². The molecule has 0 radical (unpaired) electrons. The van der Waals surface area contributed by atoms with E-state index in [0.29, 0.717) is 29.0 Å². The summed E-state index contributed by atoms with van der Waals surface area (Å²) in [5.41, 5.74) is 0. The second-order valence-corrected chi connectivity index (χ2v) is 6.67. The van der Waals surface area contributed by atoms with Crippen LogP contribution in [0.15, 0.2) is 34.9 Å². The molecule has 1 aliphatic rings. The first-order chi connectivity index (χ1) is 10.2. The van der Waals surface area contributed by atoms with Gasteiger partial charge in [-0.1, -0.05) is 11.6 Å². The number of hydrogen-bond donors (Lipinski definition) is 0. The van der Waals surface area contributed by atoms with Crippen LogP contribution in [0.2, 0.25) is 4.34 Å². The predicted octanol–water partition coefficient (Wildman–Crippen LogP) is 3.82. The normalized spacial score (nSPS) is 16.0. The smallest absolute Gasteiger partial charge is 0.264 e. The Kier molecular flexibility index (Phi) is 4.63. The lowest BCUT2D eigenvalue weighted by Crippen LogP contribution is -2.42. The number of carbonyl (C=O) groups excluding carboxylic acids is 1. The molecule has 2 aromatic heterocycles. The van der Waals surface area contributed by atoms with Crippen LogP contribution in [0.25, 0.3) is 0 Å². The number of hydrogen-bond acceptors (Lipinski definition) is 4. The Hall–Kier alpha value is -1.30. The lowest BCUT2D eigenvalue weighted by Gasteiger charge is -2.33. The topological polar surface area (TPSA) is 42.7 Å². The molecule has 0 saturated carbocycles. The van der Waals surface area contributed by atoms with Crippen LogP contribution < -0.4 is 0 Å². The molecule has 1 amide bonds. The van der Waals surface area contributed by atoms with Crippen molar-refractivity contribution in [3.63, 3.8) is 0 Å². The van der Waals surface area contributed by atoms with Gasteiger partial charge in [0.25, 0.3) is 5.91 Å².